The lowest BCUT2D eigenvalue weighted by atomic mass is 10.0. The van der Waals surface area contributed by atoms with Crippen molar-refractivity contribution in [3.63, 3.8) is 0 Å². The molecule has 2 rings (SSSR count). The fraction of sp³-hybridized carbons (Fsp3) is 0.643. The van der Waals surface area contributed by atoms with Gasteiger partial charge in [0.25, 0.3) is 5.91 Å². The zero-order valence-corrected chi connectivity index (χ0v) is 12.0. The highest BCUT2D eigenvalue weighted by Gasteiger charge is 2.31. The number of aliphatic hydroxyl groups is 1. The molecule has 1 amide bonds. The van der Waals surface area contributed by atoms with Crippen LogP contribution in [-0.2, 0) is 6.54 Å². The molecule has 0 saturated heterocycles. The molecule has 1 aliphatic carbocycles. The van der Waals surface area contributed by atoms with Crippen LogP contribution in [0.15, 0.2) is 12.3 Å². The van der Waals surface area contributed by atoms with Crippen molar-refractivity contribution in [2.45, 2.75) is 51.2 Å². The van der Waals surface area contributed by atoms with E-state index in [1.807, 2.05) is 4.57 Å². The number of carbonyl (C=O) groups excluding carboxylic acids is 1. The average molecular weight is 285 g/mol. The van der Waals surface area contributed by atoms with Crippen LogP contribution in [0, 0.1) is 0 Å². The SMILES string of the molecule is CCCn1cc(Cl)cc1C(=O)NCC1(O)CCCC1. The van der Waals surface area contributed by atoms with Crippen LogP contribution in [0.3, 0.4) is 0 Å². The van der Waals surface area contributed by atoms with Crippen molar-refractivity contribution in [1.29, 1.82) is 0 Å². The van der Waals surface area contributed by atoms with Crippen LogP contribution >= 0.6 is 11.6 Å². The molecule has 0 aromatic carbocycles. The molecule has 5 heteroatoms. The molecule has 0 aliphatic heterocycles. The second-order valence-electron chi connectivity index (χ2n) is 5.35. The second-order valence-corrected chi connectivity index (χ2v) is 5.79. The van der Waals surface area contributed by atoms with E-state index in [1.165, 1.54) is 0 Å². The molecule has 1 aromatic heterocycles. The van der Waals surface area contributed by atoms with Gasteiger partial charge < -0.3 is 15.0 Å². The number of halogens is 1. The first-order chi connectivity index (χ1) is 9.04. The molecule has 1 aliphatic rings. The van der Waals surface area contributed by atoms with Crippen molar-refractivity contribution >= 4 is 17.5 Å². The average Bonchev–Trinajstić information content (AvgIpc) is 2.94. The Morgan fingerprint density at radius 2 is 2.21 bits per heavy atom. The Kier molecular flexibility index (Phi) is 4.53. The van der Waals surface area contributed by atoms with E-state index in [0.717, 1.165) is 38.6 Å². The normalized spacial score (nSPS) is 17.6. The van der Waals surface area contributed by atoms with Gasteiger partial charge in [0, 0.05) is 19.3 Å². The molecule has 1 heterocycles. The first-order valence-corrected chi connectivity index (χ1v) is 7.28. The molecule has 1 saturated carbocycles. The van der Waals surface area contributed by atoms with Crippen LogP contribution in [0.25, 0.3) is 0 Å². The van der Waals surface area contributed by atoms with E-state index >= 15 is 0 Å². The largest absolute Gasteiger partial charge is 0.388 e. The Morgan fingerprint density at radius 1 is 1.53 bits per heavy atom. The lowest BCUT2D eigenvalue weighted by Gasteiger charge is -2.22. The number of rotatable bonds is 5. The van der Waals surface area contributed by atoms with Crippen molar-refractivity contribution in [2.75, 3.05) is 6.54 Å². The number of hydrogen-bond donors (Lipinski definition) is 2. The van der Waals surface area contributed by atoms with Crippen LogP contribution in [0.2, 0.25) is 5.02 Å². The summed E-state index contributed by atoms with van der Waals surface area (Å²) in [4.78, 5) is 12.2. The minimum absolute atomic E-state index is 0.166. The molecule has 106 valence electrons. The standard InChI is InChI=1S/C14H21ClN2O2/c1-2-7-17-9-11(15)8-12(17)13(18)16-10-14(19)5-3-4-6-14/h8-9,19H,2-7,10H2,1H3,(H,16,18). The van der Waals surface area contributed by atoms with Crippen molar-refractivity contribution in [1.82, 2.24) is 9.88 Å². The number of amides is 1. The lowest BCUT2D eigenvalue weighted by molar-refractivity contribution is 0.0447. The summed E-state index contributed by atoms with van der Waals surface area (Å²) in [6.45, 7) is 3.14. The van der Waals surface area contributed by atoms with Gasteiger partial charge in [-0.25, -0.2) is 0 Å². The van der Waals surface area contributed by atoms with E-state index in [2.05, 4.69) is 12.2 Å². The zero-order valence-electron chi connectivity index (χ0n) is 11.3. The smallest absolute Gasteiger partial charge is 0.268 e. The van der Waals surface area contributed by atoms with Gasteiger partial charge in [-0.1, -0.05) is 31.4 Å². The molecule has 1 fully saturated rings. The third-order valence-electron chi connectivity index (χ3n) is 3.67. The predicted molar refractivity (Wildman–Crippen MR) is 75.5 cm³/mol. The van der Waals surface area contributed by atoms with Crippen molar-refractivity contribution < 1.29 is 9.90 Å². The minimum Gasteiger partial charge on any atom is -0.388 e. The van der Waals surface area contributed by atoms with Gasteiger partial charge in [-0.2, -0.15) is 0 Å². The van der Waals surface area contributed by atoms with Gasteiger partial charge in [0.1, 0.15) is 5.69 Å². The third-order valence-corrected chi connectivity index (χ3v) is 3.88. The Balaban J connectivity index is 1.99. The molecule has 4 nitrogen and oxygen atoms in total. The van der Waals surface area contributed by atoms with Crippen LogP contribution in [0.1, 0.15) is 49.5 Å². The van der Waals surface area contributed by atoms with E-state index in [1.54, 1.807) is 12.3 Å². The number of aryl methyl sites for hydroxylation is 1. The maximum Gasteiger partial charge on any atom is 0.268 e. The maximum absolute atomic E-state index is 12.2. The summed E-state index contributed by atoms with van der Waals surface area (Å²) in [5.74, 6) is -0.166. The fourth-order valence-corrected chi connectivity index (χ4v) is 2.86. The Bertz CT molecular complexity index is 450. The summed E-state index contributed by atoms with van der Waals surface area (Å²) in [5.41, 5.74) is -0.157. The monoisotopic (exact) mass is 284 g/mol. The van der Waals surface area contributed by atoms with Gasteiger partial charge in [0.05, 0.1) is 10.6 Å². The van der Waals surface area contributed by atoms with E-state index in [-0.39, 0.29) is 5.91 Å². The van der Waals surface area contributed by atoms with Crippen LogP contribution < -0.4 is 5.32 Å². The van der Waals surface area contributed by atoms with Crippen LogP contribution in [0.5, 0.6) is 0 Å². The number of hydrogen-bond acceptors (Lipinski definition) is 2. The van der Waals surface area contributed by atoms with Crippen LogP contribution in [0.4, 0.5) is 0 Å². The van der Waals surface area contributed by atoms with E-state index in [9.17, 15) is 9.90 Å². The number of aromatic nitrogens is 1. The minimum atomic E-state index is -0.721. The first kappa shape index (κ1) is 14.4. The summed E-state index contributed by atoms with van der Waals surface area (Å²) in [5, 5.41) is 13.6. The summed E-state index contributed by atoms with van der Waals surface area (Å²) < 4.78 is 1.86. The zero-order chi connectivity index (χ0) is 13.9. The van der Waals surface area contributed by atoms with Gasteiger partial charge in [0.2, 0.25) is 0 Å². The van der Waals surface area contributed by atoms with Crippen LogP contribution in [-0.4, -0.2) is 27.7 Å². The first-order valence-electron chi connectivity index (χ1n) is 6.90. The molecule has 19 heavy (non-hydrogen) atoms. The molecule has 2 N–H and O–H groups in total. The van der Waals surface area contributed by atoms with Gasteiger partial charge >= 0.3 is 0 Å². The molecule has 0 bridgehead atoms. The van der Waals surface area contributed by atoms with E-state index in [4.69, 9.17) is 11.6 Å². The van der Waals surface area contributed by atoms with Crippen molar-refractivity contribution in [3.8, 4) is 0 Å². The Hall–Kier alpha value is -1.00. The second kappa shape index (κ2) is 5.97. The summed E-state index contributed by atoms with van der Waals surface area (Å²) in [6, 6.07) is 1.67. The number of nitrogens with zero attached hydrogens (tertiary/aromatic N) is 1. The molecule has 0 spiro atoms. The molecule has 0 radical (unpaired) electrons. The highest BCUT2D eigenvalue weighted by atomic mass is 35.5. The summed E-state index contributed by atoms with van der Waals surface area (Å²) in [7, 11) is 0. The molecule has 0 unspecified atom stereocenters. The van der Waals surface area contributed by atoms with Gasteiger partial charge in [-0.05, 0) is 25.3 Å². The Labute approximate surface area is 118 Å². The number of carbonyl (C=O) groups is 1. The summed E-state index contributed by atoms with van der Waals surface area (Å²) >= 11 is 5.95. The van der Waals surface area contributed by atoms with Gasteiger partial charge in [-0.3, -0.25) is 4.79 Å². The highest BCUT2D eigenvalue weighted by molar-refractivity contribution is 6.31. The molecule has 0 atom stereocenters. The molecular weight excluding hydrogens is 264 g/mol. The molecule has 1 aromatic rings. The predicted octanol–water partition coefficient (Wildman–Crippen LogP) is 2.59. The van der Waals surface area contributed by atoms with Crippen molar-refractivity contribution in [3.05, 3.63) is 23.0 Å². The van der Waals surface area contributed by atoms with Crippen molar-refractivity contribution in [2.24, 2.45) is 0 Å². The van der Waals surface area contributed by atoms with Gasteiger partial charge in [-0.15, -0.1) is 0 Å². The Morgan fingerprint density at radius 3 is 2.84 bits per heavy atom. The fourth-order valence-electron chi connectivity index (χ4n) is 2.64. The maximum atomic E-state index is 12.2. The number of nitrogens with one attached hydrogen (secondary N) is 1. The van der Waals surface area contributed by atoms with E-state index in [0.29, 0.717) is 17.3 Å². The lowest BCUT2D eigenvalue weighted by Crippen LogP contribution is -2.41. The van der Waals surface area contributed by atoms with E-state index < -0.39 is 5.60 Å². The summed E-state index contributed by atoms with van der Waals surface area (Å²) in [6.07, 6.45) is 6.31. The third kappa shape index (κ3) is 3.51. The highest BCUT2D eigenvalue weighted by Crippen LogP contribution is 2.28. The molecular formula is C14H21ClN2O2. The topological polar surface area (TPSA) is 54.3 Å². The van der Waals surface area contributed by atoms with Gasteiger partial charge in [0.15, 0.2) is 0 Å². The quantitative estimate of drug-likeness (QED) is 0.873.